The minimum atomic E-state index is -0.821. The van der Waals surface area contributed by atoms with Crippen LogP contribution in [-0.2, 0) is 4.79 Å². The van der Waals surface area contributed by atoms with Crippen molar-refractivity contribution in [2.45, 2.75) is 6.92 Å². The Morgan fingerprint density at radius 1 is 1.32 bits per heavy atom. The maximum absolute atomic E-state index is 11.7. The summed E-state index contributed by atoms with van der Waals surface area (Å²) in [4.78, 5) is 22.2. The fourth-order valence-corrected chi connectivity index (χ4v) is 1.36. The van der Waals surface area contributed by atoms with E-state index in [-0.39, 0.29) is 0 Å². The lowest BCUT2D eigenvalue weighted by Gasteiger charge is -2.11. The molecule has 0 spiro atoms. The second-order valence-corrected chi connectivity index (χ2v) is 3.55. The molecule has 1 aromatic rings. The van der Waals surface area contributed by atoms with Crippen molar-refractivity contribution in [1.29, 1.82) is 0 Å². The van der Waals surface area contributed by atoms with Gasteiger partial charge in [-0.05, 0) is 24.2 Å². The van der Waals surface area contributed by atoms with E-state index in [1.165, 1.54) is 21.1 Å². The third-order valence-corrected chi connectivity index (χ3v) is 2.31. The molecule has 1 rings (SSSR count). The zero-order chi connectivity index (χ0) is 14.4. The number of nitrogens with zero attached hydrogens (tertiary/aromatic N) is 1. The van der Waals surface area contributed by atoms with Gasteiger partial charge in [-0.3, -0.25) is 4.79 Å². The van der Waals surface area contributed by atoms with Crippen LogP contribution in [-0.4, -0.2) is 25.2 Å². The first-order valence-electron chi connectivity index (χ1n) is 5.30. The van der Waals surface area contributed by atoms with Crippen molar-refractivity contribution >= 4 is 11.6 Å². The van der Waals surface area contributed by atoms with Crippen LogP contribution in [0.2, 0.25) is 0 Å². The summed E-state index contributed by atoms with van der Waals surface area (Å²) >= 11 is 0. The van der Waals surface area contributed by atoms with Crippen LogP contribution in [0.5, 0.6) is 11.5 Å². The smallest absolute Gasteiger partial charge is 0.281 e. The molecule has 1 amide bonds. The minimum Gasteiger partial charge on any atom is -0.510 e. The average Bonchev–Trinajstić information content (AvgIpc) is 2.39. The van der Waals surface area contributed by atoms with Gasteiger partial charge in [-0.25, -0.2) is 0 Å². The van der Waals surface area contributed by atoms with E-state index >= 15 is 0 Å². The van der Waals surface area contributed by atoms with Gasteiger partial charge in [0.15, 0.2) is 0 Å². The number of hydrogen-bond acceptors (Lipinski definition) is 6. The summed E-state index contributed by atoms with van der Waals surface area (Å²) in [7, 11) is 2.93. The molecule has 0 heterocycles. The number of anilines is 1. The molecule has 7 nitrogen and oxygen atoms in total. The fourth-order valence-electron chi connectivity index (χ4n) is 1.36. The van der Waals surface area contributed by atoms with Crippen molar-refractivity contribution in [3.63, 3.8) is 0 Å². The number of benzene rings is 1. The van der Waals surface area contributed by atoms with Crippen LogP contribution in [0, 0.1) is 4.91 Å². The maximum Gasteiger partial charge on any atom is 0.281 e. The highest BCUT2D eigenvalue weighted by molar-refractivity contribution is 6.04. The molecule has 0 bridgehead atoms. The second-order valence-electron chi connectivity index (χ2n) is 3.55. The van der Waals surface area contributed by atoms with Gasteiger partial charge >= 0.3 is 0 Å². The molecule has 0 radical (unpaired) electrons. The Morgan fingerprint density at radius 3 is 2.47 bits per heavy atom. The minimum absolute atomic E-state index is 0.329. The van der Waals surface area contributed by atoms with E-state index in [9.17, 15) is 9.70 Å². The maximum atomic E-state index is 11.7. The molecule has 0 saturated carbocycles. The van der Waals surface area contributed by atoms with E-state index in [0.29, 0.717) is 17.2 Å². The Kier molecular flexibility index (Phi) is 4.87. The normalized spacial score (nSPS) is 11.3. The molecule has 0 saturated heterocycles. The first-order chi connectivity index (χ1) is 9.03. The quantitative estimate of drug-likeness (QED) is 0.483. The molecule has 0 atom stereocenters. The highest BCUT2D eigenvalue weighted by Gasteiger charge is 2.16. The molecular weight excluding hydrogens is 252 g/mol. The van der Waals surface area contributed by atoms with Crippen molar-refractivity contribution in [3.8, 4) is 11.5 Å². The van der Waals surface area contributed by atoms with Crippen LogP contribution < -0.4 is 14.8 Å². The highest BCUT2D eigenvalue weighted by atomic mass is 16.5. The Morgan fingerprint density at radius 2 is 2.00 bits per heavy atom. The van der Waals surface area contributed by atoms with Gasteiger partial charge in [0.2, 0.25) is 5.70 Å². The summed E-state index contributed by atoms with van der Waals surface area (Å²) < 4.78 is 10.1. The molecule has 0 aliphatic rings. The second kappa shape index (κ2) is 6.39. The summed E-state index contributed by atoms with van der Waals surface area (Å²) in [6, 6.07) is 4.73. The van der Waals surface area contributed by atoms with Crippen molar-refractivity contribution in [1.82, 2.24) is 0 Å². The number of amides is 1. The first-order valence-corrected chi connectivity index (χ1v) is 5.30. The zero-order valence-electron chi connectivity index (χ0n) is 10.8. The topological polar surface area (TPSA) is 97.2 Å². The number of carbonyl (C=O) groups is 1. The Labute approximate surface area is 109 Å². The monoisotopic (exact) mass is 266 g/mol. The van der Waals surface area contributed by atoms with Gasteiger partial charge in [0.05, 0.1) is 19.9 Å². The Bertz CT molecular complexity index is 521. The molecule has 0 unspecified atom stereocenters. The lowest BCUT2D eigenvalue weighted by atomic mass is 10.2. The molecule has 7 heteroatoms. The molecule has 0 aliphatic carbocycles. The number of hydrogen-bond donors (Lipinski definition) is 2. The Balaban J connectivity index is 3.03. The van der Waals surface area contributed by atoms with Crippen LogP contribution in [0.4, 0.5) is 5.69 Å². The van der Waals surface area contributed by atoms with Gasteiger partial charge in [-0.15, -0.1) is 4.91 Å². The van der Waals surface area contributed by atoms with Gasteiger partial charge in [-0.1, -0.05) is 0 Å². The molecule has 0 fully saturated rings. The van der Waals surface area contributed by atoms with Crippen molar-refractivity contribution in [3.05, 3.63) is 34.6 Å². The number of aliphatic hydroxyl groups is 1. The zero-order valence-corrected chi connectivity index (χ0v) is 10.8. The van der Waals surface area contributed by atoms with Crippen molar-refractivity contribution in [2.75, 3.05) is 19.5 Å². The van der Waals surface area contributed by atoms with Gasteiger partial charge in [0.1, 0.15) is 17.3 Å². The molecule has 1 aromatic carbocycles. The van der Waals surface area contributed by atoms with E-state index in [2.05, 4.69) is 10.5 Å². The lowest BCUT2D eigenvalue weighted by Crippen LogP contribution is -2.15. The molecule has 19 heavy (non-hydrogen) atoms. The molecule has 102 valence electrons. The number of nitroso groups, excluding NO2 is 1. The van der Waals surface area contributed by atoms with Crippen LogP contribution in [0.3, 0.4) is 0 Å². The number of rotatable bonds is 5. The van der Waals surface area contributed by atoms with E-state index in [1.807, 2.05) is 0 Å². The lowest BCUT2D eigenvalue weighted by molar-refractivity contribution is -0.113. The number of carbonyl (C=O) groups excluding carboxylic acids is 1. The van der Waals surface area contributed by atoms with Gasteiger partial charge in [0.25, 0.3) is 5.91 Å². The van der Waals surface area contributed by atoms with Gasteiger partial charge < -0.3 is 19.9 Å². The van der Waals surface area contributed by atoms with Gasteiger partial charge in [-0.2, -0.15) is 0 Å². The molecule has 0 aromatic heterocycles. The largest absolute Gasteiger partial charge is 0.510 e. The average molecular weight is 266 g/mol. The molecule has 2 N–H and O–H groups in total. The fraction of sp³-hybridized carbons (Fsp3) is 0.250. The predicted molar refractivity (Wildman–Crippen MR) is 69.3 cm³/mol. The number of ether oxygens (including phenoxy) is 2. The number of methoxy groups -OCH3 is 2. The van der Waals surface area contributed by atoms with Gasteiger partial charge in [0, 0.05) is 6.07 Å². The predicted octanol–water partition coefficient (Wildman–Crippen LogP) is 2.20. The van der Waals surface area contributed by atoms with Crippen molar-refractivity contribution < 1.29 is 19.4 Å². The van der Waals surface area contributed by atoms with E-state index < -0.39 is 17.4 Å². The number of allylic oxidation sites excluding steroid dienone is 1. The van der Waals surface area contributed by atoms with Crippen molar-refractivity contribution in [2.24, 2.45) is 5.18 Å². The van der Waals surface area contributed by atoms with E-state index in [1.54, 1.807) is 18.2 Å². The van der Waals surface area contributed by atoms with E-state index in [4.69, 9.17) is 14.6 Å². The van der Waals surface area contributed by atoms with Crippen LogP contribution >= 0.6 is 0 Å². The molecule has 0 aliphatic heterocycles. The van der Waals surface area contributed by atoms with Crippen LogP contribution in [0.25, 0.3) is 0 Å². The first kappa shape index (κ1) is 14.5. The van der Waals surface area contributed by atoms with E-state index in [0.717, 1.165) is 0 Å². The van der Waals surface area contributed by atoms with Crippen LogP contribution in [0.15, 0.2) is 34.8 Å². The summed E-state index contributed by atoms with van der Waals surface area (Å²) in [6.45, 7) is 1.20. The summed E-state index contributed by atoms with van der Waals surface area (Å²) in [5.74, 6) is -0.371. The molecular formula is C12H14N2O5. The standard InChI is InChI=1S/C12H14N2O5/c1-7(15)11(14-17)12(16)13-9-5-4-8(18-2)6-10(9)19-3/h4-6,15H,1-3H3,(H,13,16)/b11-7+. The summed E-state index contributed by atoms with van der Waals surface area (Å²) in [5.41, 5.74) is -0.256. The number of aliphatic hydroxyl groups excluding tert-OH is 1. The summed E-state index contributed by atoms with van der Waals surface area (Å²) in [5, 5.41) is 14.0. The number of nitrogens with one attached hydrogen (secondary N) is 1. The van der Waals surface area contributed by atoms with Crippen LogP contribution in [0.1, 0.15) is 6.92 Å². The third kappa shape index (κ3) is 3.44. The Hall–Kier alpha value is -2.57. The highest BCUT2D eigenvalue weighted by Crippen LogP contribution is 2.29. The summed E-state index contributed by atoms with van der Waals surface area (Å²) in [6.07, 6.45) is 0. The third-order valence-electron chi connectivity index (χ3n) is 2.31. The SMILES string of the molecule is COc1ccc(NC(=O)/C(N=O)=C(/C)O)c(OC)c1.